The number of aromatic amines is 1. The second-order valence-electron chi connectivity index (χ2n) is 7.28. The Balaban J connectivity index is 1.62. The van der Waals surface area contributed by atoms with Crippen molar-refractivity contribution in [3.05, 3.63) is 90.5 Å². The van der Waals surface area contributed by atoms with Gasteiger partial charge in [0.1, 0.15) is 10.9 Å². The zero-order chi connectivity index (χ0) is 25.1. The number of nitrogens with zero attached hydrogens (tertiary/aromatic N) is 1. The molecule has 0 spiro atoms. The number of carbonyl (C=O) groups excluding carboxylic acids is 1. The van der Waals surface area contributed by atoms with E-state index in [2.05, 4.69) is 15.3 Å². The Bertz CT molecular complexity index is 1440. The van der Waals surface area contributed by atoms with Crippen molar-refractivity contribution in [2.24, 2.45) is 0 Å². The fourth-order valence-electron chi connectivity index (χ4n) is 3.23. The van der Waals surface area contributed by atoms with E-state index in [-0.39, 0.29) is 32.2 Å². The Morgan fingerprint density at radius 3 is 2.17 bits per heavy atom. The van der Waals surface area contributed by atoms with E-state index in [1.807, 2.05) is 0 Å². The first kappa shape index (κ1) is 24.6. The standard InChI is InChI=1S/C24H18F3N3O3S2/c25-24(26,27)18-13-7-8-14-19(18)28-20(31)15-34-22-23(35(32,33)17-11-5-2-6-12-17)30-21(29-22)16-9-3-1-4-10-16/h1-14H,15H2,(H,28,31)(H,29,30). The molecule has 0 aliphatic heterocycles. The number of carbonyl (C=O) groups is 1. The summed E-state index contributed by atoms with van der Waals surface area (Å²) >= 11 is 0.810. The fourth-order valence-corrected chi connectivity index (χ4v) is 5.67. The molecule has 35 heavy (non-hydrogen) atoms. The molecule has 0 aliphatic rings. The zero-order valence-electron chi connectivity index (χ0n) is 17.9. The van der Waals surface area contributed by atoms with Gasteiger partial charge in [-0.1, -0.05) is 72.4 Å². The summed E-state index contributed by atoms with van der Waals surface area (Å²) in [5.74, 6) is -0.813. The third kappa shape index (κ3) is 5.57. The van der Waals surface area contributed by atoms with Crippen LogP contribution in [0.15, 0.2) is 99.9 Å². The number of nitrogens with one attached hydrogen (secondary N) is 2. The predicted octanol–water partition coefficient (Wildman–Crippen LogP) is 5.66. The molecular formula is C24H18F3N3O3S2. The molecule has 0 atom stereocenters. The van der Waals surface area contributed by atoms with Crippen LogP contribution >= 0.6 is 11.8 Å². The number of halogens is 3. The first-order valence-corrected chi connectivity index (χ1v) is 12.7. The number of alkyl halides is 3. The van der Waals surface area contributed by atoms with Crippen LogP contribution in [0.4, 0.5) is 18.9 Å². The number of anilines is 1. The third-order valence-corrected chi connectivity index (χ3v) is 7.69. The lowest BCUT2D eigenvalue weighted by molar-refractivity contribution is -0.137. The summed E-state index contributed by atoms with van der Waals surface area (Å²) in [7, 11) is -4.01. The van der Waals surface area contributed by atoms with Gasteiger partial charge in [0.2, 0.25) is 15.7 Å². The number of benzene rings is 3. The van der Waals surface area contributed by atoms with Crippen LogP contribution in [-0.4, -0.2) is 30.0 Å². The SMILES string of the molecule is O=C(CSc1nc(-c2ccccc2)[nH]c1S(=O)(=O)c1ccccc1)Nc1ccccc1C(F)(F)F. The molecule has 0 unspecified atom stereocenters. The molecule has 2 N–H and O–H groups in total. The maximum atomic E-state index is 13.3. The normalized spacial score (nSPS) is 11.9. The van der Waals surface area contributed by atoms with Gasteiger partial charge in [0, 0.05) is 5.56 Å². The molecule has 0 saturated heterocycles. The molecule has 0 fully saturated rings. The van der Waals surface area contributed by atoms with E-state index in [9.17, 15) is 26.4 Å². The number of aromatic nitrogens is 2. The lowest BCUT2D eigenvalue weighted by Crippen LogP contribution is -2.18. The smallest absolute Gasteiger partial charge is 0.328 e. The van der Waals surface area contributed by atoms with Crippen LogP contribution < -0.4 is 5.32 Å². The summed E-state index contributed by atoms with van der Waals surface area (Å²) in [6.45, 7) is 0. The van der Waals surface area contributed by atoms with Gasteiger partial charge < -0.3 is 10.3 Å². The van der Waals surface area contributed by atoms with Crippen molar-refractivity contribution >= 4 is 33.2 Å². The topological polar surface area (TPSA) is 91.9 Å². The monoisotopic (exact) mass is 517 g/mol. The van der Waals surface area contributed by atoms with Gasteiger partial charge in [-0.2, -0.15) is 13.2 Å². The number of hydrogen-bond acceptors (Lipinski definition) is 5. The summed E-state index contributed by atoms with van der Waals surface area (Å²) in [6, 6.07) is 21.2. The summed E-state index contributed by atoms with van der Waals surface area (Å²) in [4.78, 5) is 19.7. The van der Waals surface area contributed by atoms with Crippen molar-refractivity contribution in [3.63, 3.8) is 0 Å². The first-order valence-electron chi connectivity index (χ1n) is 10.2. The molecule has 11 heteroatoms. The Morgan fingerprint density at radius 1 is 0.914 bits per heavy atom. The van der Waals surface area contributed by atoms with E-state index < -0.39 is 27.5 Å². The number of H-pyrrole nitrogens is 1. The van der Waals surface area contributed by atoms with Gasteiger partial charge >= 0.3 is 6.18 Å². The molecule has 1 aromatic heterocycles. The van der Waals surface area contributed by atoms with Crippen LogP contribution in [-0.2, 0) is 20.8 Å². The number of amides is 1. The van der Waals surface area contributed by atoms with Crippen LogP contribution in [0, 0.1) is 0 Å². The van der Waals surface area contributed by atoms with Crippen molar-refractivity contribution in [1.82, 2.24) is 9.97 Å². The van der Waals surface area contributed by atoms with Gasteiger partial charge in [0.15, 0.2) is 5.03 Å². The number of para-hydroxylation sites is 1. The molecule has 1 heterocycles. The third-order valence-electron chi connectivity index (χ3n) is 4.86. The van der Waals surface area contributed by atoms with E-state index >= 15 is 0 Å². The van der Waals surface area contributed by atoms with E-state index in [0.29, 0.717) is 5.56 Å². The quantitative estimate of drug-likeness (QED) is 0.309. The average molecular weight is 518 g/mol. The van der Waals surface area contributed by atoms with Gasteiger partial charge in [0.25, 0.3) is 0 Å². The Morgan fingerprint density at radius 2 is 1.51 bits per heavy atom. The highest BCUT2D eigenvalue weighted by atomic mass is 32.2. The molecule has 180 valence electrons. The van der Waals surface area contributed by atoms with Crippen LogP contribution in [0.5, 0.6) is 0 Å². The number of rotatable bonds is 7. The van der Waals surface area contributed by atoms with Crippen LogP contribution in [0.1, 0.15) is 5.56 Å². The fraction of sp³-hybridized carbons (Fsp3) is 0.0833. The largest absolute Gasteiger partial charge is 0.418 e. The molecular weight excluding hydrogens is 499 g/mol. The first-order chi connectivity index (χ1) is 16.7. The number of thioether (sulfide) groups is 1. The van der Waals surface area contributed by atoms with Crippen LogP contribution in [0.2, 0.25) is 0 Å². The lowest BCUT2D eigenvalue weighted by atomic mass is 10.1. The lowest BCUT2D eigenvalue weighted by Gasteiger charge is -2.13. The van der Waals surface area contributed by atoms with Crippen LogP contribution in [0.3, 0.4) is 0 Å². The van der Waals surface area contributed by atoms with Gasteiger partial charge in [-0.25, -0.2) is 13.4 Å². The molecule has 6 nitrogen and oxygen atoms in total. The van der Waals surface area contributed by atoms with E-state index in [4.69, 9.17) is 0 Å². The second kappa shape index (κ2) is 9.96. The van der Waals surface area contributed by atoms with Crippen molar-refractivity contribution in [1.29, 1.82) is 0 Å². The Kier molecular flexibility index (Phi) is 6.99. The van der Waals surface area contributed by atoms with Crippen molar-refractivity contribution in [3.8, 4) is 11.4 Å². The Labute approximate surface area is 203 Å². The highest BCUT2D eigenvalue weighted by Crippen LogP contribution is 2.35. The molecule has 4 rings (SSSR count). The zero-order valence-corrected chi connectivity index (χ0v) is 19.5. The van der Waals surface area contributed by atoms with E-state index in [0.717, 1.165) is 23.9 Å². The highest BCUT2D eigenvalue weighted by Gasteiger charge is 2.33. The van der Waals surface area contributed by atoms with E-state index in [1.165, 1.54) is 24.3 Å². The van der Waals surface area contributed by atoms with Crippen LogP contribution in [0.25, 0.3) is 11.4 Å². The highest BCUT2D eigenvalue weighted by molar-refractivity contribution is 8.00. The average Bonchev–Trinajstić information content (AvgIpc) is 3.29. The molecule has 0 bridgehead atoms. The van der Waals surface area contributed by atoms with Crippen molar-refractivity contribution < 1.29 is 26.4 Å². The predicted molar refractivity (Wildman–Crippen MR) is 127 cm³/mol. The minimum atomic E-state index is -4.64. The van der Waals surface area contributed by atoms with Crippen molar-refractivity contribution in [2.75, 3.05) is 11.1 Å². The summed E-state index contributed by atoms with van der Waals surface area (Å²) in [5.41, 5.74) is -0.723. The molecule has 3 aromatic carbocycles. The van der Waals surface area contributed by atoms with Gasteiger partial charge in [0.05, 0.1) is 21.9 Å². The maximum absolute atomic E-state index is 13.3. The van der Waals surface area contributed by atoms with E-state index in [1.54, 1.807) is 48.5 Å². The molecule has 0 aliphatic carbocycles. The summed E-state index contributed by atoms with van der Waals surface area (Å²) in [6.07, 6.45) is -4.64. The summed E-state index contributed by atoms with van der Waals surface area (Å²) < 4.78 is 66.2. The van der Waals surface area contributed by atoms with Gasteiger partial charge in [-0.15, -0.1) is 0 Å². The minimum Gasteiger partial charge on any atom is -0.328 e. The molecule has 0 radical (unpaired) electrons. The minimum absolute atomic E-state index is 0.0342. The van der Waals surface area contributed by atoms with Crippen molar-refractivity contribution in [2.45, 2.75) is 21.1 Å². The maximum Gasteiger partial charge on any atom is 0.418 e. The second-order valence-corrected chi connectivity index (χ2v) is 10.1. The molecule has 1 amide bonds. The molecule has 0 saturated carbocycles. The number of sulfone groups is 1. The molecule has 4 aromatic rings. The number of hydrogen-bond donors (Lipinski definition) is 2. The number of imidazole rings is 1. The summed E-state index contributed by atoms with van der Waals surface area (Å²) in [5, 5.41) is 2.08. The van der Waals surface area contributed by atoms with Gasteiger partial charge in [-0.3, -0.25) is 4.79 Å². The van der Waals surface area contributed by atoms with Gasteiger partial charge in [-0.05, 0) is 24.3 Å². The Hall–Kier alpha value is -3.57.